The van der Waals surface area contributed by atoms with Gasteiger partial charge in [-0.25, -0.2) is 13.8 Å². The number of pyridine rings is 1. The summed E-state index contributed by atoms with van der Waals surface area (Å²) in [4.78, 5) is 15.2. The van der Waals surface area contributed by atoms with Gasteiger partial charge in [-0.05, 0) is 12.5 Å². The Kier molecular flexibility index (Phi) is 5.83. The molecular weight excluding hydrogens is 322 g/mol. The van der Waals surface area contributed by atoms with E-state index in [9.17, 15) is 13.6 Å². The molecule has 0 bridgehead atoms. The first-order valence-corrected chi connectivity index (χ1v) is 6.57. The van der Waals surface area contributed by atoms with Gasteiger partial charge < -0.3 is 4.74 Å². The molecule has 0 amide bonds. The molecule has 0 N–H and O–H groups in total. The summed E-state index contributed by atoms with van der Waals surface area (Å²) < 4.78 is 31.0. The molecule has 0 atom stereocenters. The molecule has 1 heterocycles. The van der Waals surface area contributed by atoms with Gasteiger partial charge in [0.15, 0.2) is 0 Å². The van der Waals surface area contributed by atoms with Crippen LogP contribution in [0.2, 0.25) is 0 Å². The average molecular weight is 333 g/mol. The number of ether oxygens (including phenoxy) is 1. The SMILES string of the molecule is CCOC(=O)Cc1cnc(C#N)c(CBr)c1C(F)F. The van der Waals surface area contributed by atoms with Crippen LogP contribution in [0, 0.1) is 11.3 Å². The molecule has 1 rings (SSSR count). The number of carbonyl (C=O) groups excluding carboxylic acids is 1. The number of nitriles is 1. The van der Waals surface area contributed by atoms with E-state index in [-0.39, 0.29) is 40.7 Å². The fourth-order valence-electron chi connectivity index (χ4n) is 1.62. The number of esters is 1. The molecule has 0 aliphatic carbocycles. The number of nitrogens with zero attached hydrogens (tertiary/aromatic N) is 2. The molecule has 7 heteroatoms. The largest absolute Gasteiger partial charge is 0.466 e. The van der Waals surface area contributed by atoms with Crippen molar-refractivity contribution in [3.63, 3.8) is 0 Å². The van der Waals surface area contributed by atoms with Crippen LogP contribution in [0.15, 0.2) is 6.20 Å². The van der Waals surface area contributed by atoms with Gasteiger partial charge in [-0.2, -0.15) is 5.26 Å². The number of hydrogen-bond acceptors (Lipinski definition) is 4. The molecule has 0 aromatic carbocycles. The summed E-state index contributed by atoms with van der Waals surface area (Å²) in [5.74, 6) is -0.601. The monoisotopic (exact) mass is 332 g/mol. The fraction of sp³-hybridized carbons (Fsp3) is 0.417. The number of alkyl halides is 3. The van der Waals surface area contributed by atoms with E-state index in [0.29, 0.717) is 0 Å². The second-order valence-corrected chi connectivity index (χ2v) is 4.11. The van der Waals surface area contributed by atoms with Crippen LogP contribution in [0.1, 0.15) is 35.7 Å². The van der Waals surface area contributed by atoms with Crippen LogP contribution in [-0.4, -0.2) is 17.6 Å². The minimum absolute atomic E-state index is 0.0687. The Balaban J connectivity index is 3.25. The summed E-state index contributed by atoms with van der Waals surface area (Å²) in [7, 11) is 0. The number of aromatic nitrogens is 1. The van der Waals surface area contributed by atoms with Gasteiger partial charge in [0.1, 0.15) is 11.8 Å². The molecular formula is C12H11BrF2N2O2. The molecule has 0 aliphatic rings. The first-order chi connectivity index (χ1) is 9.04. The molecule has 0 radical (unpaired) electrons. The molecule has 102 valence electrons. The highest BCUT2D eigenvalue weighted by molar-refractivity contribution is 9.08. The van der Waals surface area contributed by atoms with Gasteiger partial charge in [-0.15, -0.1) is 0 Å². The molecule has 19 heavy (non-hydrogen) atoms. The summed E-state index contributed by atoms with van der Waals surface area (Å²) in [6.07, 6.45) is -1.94. The normalized spacial score (nSPS) is 10.3. The molecule has 0 fully saturated rings. The summed E-state index contributed by atoms with van der Waals surface area (Å²) in [5, 5.41) is 8.91. The first kappa shape index (κ1) is 15.5. The molecule has 0 aliphatic heterocycles. The van der Waals surface area contributed by atoms with Crippen LogP contribution in [0.4, 0.5) is 8.78 Å². The van der Waals surface area contributed by atoms with E-state index in [4.69, 9.17) is 10.00 Å². The van der Waals surface area contributed by atoms with E-state index in [2.05, 4.69) is 20.9 Å². The third-order valence-corrected chi connectivity index (χ3v) is 2.97. The highest BCUT2D eigenvalue weighted by Crippen LogP contribution is 2.30. The Bertz CT molecular complexity index is 515. The van der Waals surface area contributed by atoms with Gasteiger partial charge in [-0.1, -0.05) is 15.9 Å². The van der Waals surface area contributed by atoms with Crippen LogP contribution in [-0.2, 0) is 21.3 Å². The maximum atomic E-state index is 13.1. The summed E-state index contributed by atoms with van der Waals surface area (Å²) >= 11 is 3.06. The van der Waals surface area contributed by atoms with E-state index in [1.54, 1.807) is 13.0 Å². The Labute approximate surface area is 117 Å². The zero-order valence-corrected chi connectivity index (χ0v) is 11.7. The van der Waals surface area contributed by atoms with E-state index in [1.165, 1.54) is 0 Å². The van der Waals surface area contributed by atoms with E-state index in [0.717, 1.165) is 6.20 Å². The Morgan fingerprint density at radius 2 is 2.32 bits per heavy atom. The second-order valence-electron chi connectivity index (χ2n) is 3.55. The van der Waals surface area contributed by atoms with Crippen LogP contribution in [0.5, 0.6) is 0 Å². The lowest BCUT2D eigenvalue weighted by Gasteiger charge is -2.13. The standard InChI is InChI=1S/C12H11BrF2N2O2/c1-2-19-10(18)3-7-6-17-9(5-16)8(4-13)11(7)12(14)15/h6,12H,2-4H2,1H3. The minimum atomic E-state index is -2.79. The number of hydrogen-bond donors (Lipinski definition) is 0. The minimum Gasteiger partial charge on any atom is -0.466 e. The third-order valence-electron chi connectivity index (χ3n) is 2.40. The van der Waals surface area contributed by atoms with Crippen LogP contribution in [0.25, 0.3) is 0 Å². The van der Waals surface area contributed by atoms with Gasteiger partial charge >= 0.3 is 5.97 Å². The Hall–Kier alpha value is -1.55. The molecule has 1 aromatic rings. The van der Waals surface area contributed by atoms with E-state index in [1.807, 2.05) is 0 Å². The van der Waals surface area contributed by atoms with Crippen LogP contribution in [0.3, 0.4) is 0 Å². The lowest BCUT2D eigenvalue weighted by atomic mass is 10.0. The molecule has 4 nitrogen and oxygen atoms in total. The lowest BCUT2D eigenvalue weighted by molar-refractivity contribution is -0.142. The van der Waals surface area contributed by atoms with Crippen molar-refractivity contribution in [3.8, 4) is 6.07 Å². The Morgan fingerprint density at radius 3 is 2.79 bits per heavy atom. The van der Waals surface area contributed by atoms with Crippen molar-refractivity contribution in [3.05, 3.63) is 28.6 Å². The van der Waals surface area contributed by atoms with Crippen molar-refractivity contribution in [1.82, 2.24) is 4.98 Å². The average Bonchev–Trinajstić information content (AvgIpc) is 2.37. The number of carbonyl (C=O) groups is 1. The fourth-order valence-corrected chi connectivity index (χ4v) is 2.19. The highest BCUT2D eigenvalue weighted by Gasteiger charge is 2.23. The molecule has 1 aromatic heterocycles. The van der Waals surface area contributed by atoms with Crippen molar-refractivity contribution in [2.45, 2.75) is 25.1 Å². The highest BCUT2D eigenvalue weighted by atomic mass is 79.9. The van der Waals surface area contributed by atoms with Gasteiger partial charge in [0.25, 0.3) is 6.43 Å². The second kappa shape index (κ2) is 7.14. The van der Waals surface area contributed by atoms with Crippen molar-refractivity contribution >= 4 is 21.9 Å². The topological polar surface area (TPSA) is 63.0 Å². The smallest absolute Gasteiger partial charge is 0.310 e. The van der Waals surface area contributed by atoms with E-state index < -0.39 is 12.4 Å². The lowest BCUT2D eigenvalue weighted by Crippen LogP contribution is -2.12. The van der Waals surface area contributed by atoms with Crippen molar-refractivity contribution < 1.29 is 18.3 Å². The first-order valence-electron chi connectivity index (χ1n) is 5.45. The summed E-state index contributed by atoms with van der Waals surface area (Å²) in [5.41, 5.74) is -0.197. The van der Waals surface area contributed by atoms with Gasteiger partial charge in [0.2, 0.25) is 0 Å². The quantitative estimate of drug-likeness (QED) is 0.614. The predicted molar refractivity (Wildman–Crippen MR) is 66.9 cm³/mol. The molecule has 0 spiro atoms. The molecule has 0 saturated carbocycles. The van der Waals surface area contributed by atoms with E-state index >= 15 is 0 Å². The van der Waals surface area contributed by atoms with Crippen molar-refractivity contribution in [1.29, 1.82) is 5.26 Å². The molecule has 0 unspecified atom stereocenters. The number of rotatable bonds is 5. The number of halogens is 3. The Morgan fingerprint density at radius 1 is 1.63 bits per heavy atom. The maximum Gasteiger partial charge on any atom is 0.310 e. The summed E-state index contributed by atoms with van der Waals surface area (Å²) in [6.45, 7) is 1.81. The molecule has 0 saturated heterocycles. The summed E-state index contributed by atoms with van der Waals surface area (Å²) in [6, 6.07) is 1.76. The van der Waals surface area contributed by atoms with Gasteiger partial charge in [0, 0.05) is 22.7 Å². The predicted octanol–water partition coefficient (Wildman–Crippen LogP) is 2.89. The van der Waals surface area contributed by atoms with Gasteiger partial charge in [-0.3, -0.25) is 4.79 Å². The van der Waals surface area contributed by atoms with Crippen LogP contribution < -0.4 is 0 Å². The van der Waals surface area contributed by atoms with Crippen LogP contribution >= 0.6 is 15.9 Å². The zero-order valence-electron chi connectivity index (χ0n) is 10.1. The van der Waals surface area contributed by atoms with Crippen molar-refractivity contribution in [2.75, 3.05) is 6.61 Å². The maximum absolute atomic E-state index is 13.1. The van der Waals surface area contributed by atoms with Gasteiger partial charge in [0.05, 0.1) is 13.0 Å². The zero-order chi connectivity index (χ0) is 14.4. The van der Waals surface area contributed by atoms with Crippen molar-refractivity contribution in [2.24, 2.45) is 0 Å². The third kappa shape index (κ3) is 3.70.